The highest BCUT2D eigenvalue weighted by atomic mass is 19.1. The van der Waals surface area contributed by atoms with Crippen molar-refractivity contribution in [3.05, 3.63) is 41.7 Å². The normalized spacial score (nSPS) is 16.1. The van der Waals surface area contributed by atoms with E-state index in [-0.39, 0.29) is 24.2 Å². The second-order valence-electron chi connectivity index (χ2n) is 5.76. The highest BCUT2D eigenvalue weighted by Gasteiger charge is 2.26. The molecular weight excluding hydrogens is 309 g/mol. The van der Waals surface area contributed by atoms with Crippen molar-refractivity contribution in [2.24, 2.45) is 5.92 Å². The molecule has 1 aliphatic heterocycles. The fraction of sp³-hybridized carbons (Fsp3) is 0.333. The second kappa shape index (κ2) is 6.75. The van der Waals surface area contributed by atoms with Crippen molar-refractivity contribution in [3.8, 4) is 18.1 Å². The first kappa shape index (κ1) is 16.1. The van der Waals surface area contributed by atoms with Gasteiger partial charge in [-0.1, -0.05) is 5.92 Å². The van der Waals surface area contributed by atoms with Gasteiger partial charge in [-0.2, -0.15) is 0 Å². The van der Waals surface area contributed by atoms with Crippen LogP contribution in [0, 0.1) is 31.0 Å². The summed E-state index contributed by atoms with van der Waals surface area (Å²) in [4.78, 5) is 16.8. The van der Waals surface area contributed by atoms with Gasteiger partial charge in [0.25, 0.3) is 0 Å². The fourth-order valence-corrected chi connectivity index (χ4v) is 2.92. The summed E-state index contributed by atoms with van der Waals surface area (Å²) in [5.41, 5.74) is 1.48. The third-order valence-electron chi connectivity index (χ3n) is 4.18. The van der Waals surface area contributed by atoms with Gasteiger partial charge >= 0.3 is 0 Å². The van der Waals surface area contributed by atoms with Crippen molar-refractivity contribution in [2.45, 2.75) is 26.3 Å². The number of anilines is 1. The molecule has 24 heavy (non-hydrogen) atoms. The van der Waals surface area contributed by atoms with Gasteiger partial charge in [0.2, 0.25) is 5.91 Å². The molecule has 0 saturated carbocycles. The number of rotatable bonds is 4. The number of carbonyl (C=O) groups is 1. The molecule has 5 nitrogen and oxygen atoms in total. The lowest BCUT2D eigenvalue weighted by Crippen LogP contribution is -2.30. The van der Waals surface area contributed by atoms with Gasteiger partial charge in [0.15, 0.2) is 0 Å². The Morgan fingerprint density at radius 1 is 1.58 bits per heavy atom. The Labute approximate surface area is 139 Å². The van der Waals surface area contributed by atoms with E-state index in [0.717, 1.165) is 24.5 Å². The van der Waals surface area contributed by atoms with Crippen LogP contribution < -0.4 is 10.1 Å². The van der Waals surface area contributed by atoms with Crippen molar-refractivity contribution in [1.29, 1.82) is 0 Å². The topological polar surface area (TPSA) is 56.1 Å². The zero-order valence-corrected chi connectivity index (χ0v) is 13.4. The molecule has 3 rings (SSSR count). The average molecular weight is 327 g/mol. The molecular formula is C18H18FN3O2. The number of terminal acetylenes is 1. The molecule has 0 spiro atoms. The molecule has 124 valence electrons. The number of aryl methyl sites for hydroxylation is 1. The molecule has 0 fully saturated rings. The first-order chi connectivity index (χ1) is 11.6. The molecule has 1 atom stereocenters. The first-order valence-electron chi connectivity index (χ1n) is 7.76. The minimum absolute atomic E-state index is 0.00815. The van der Waals surface area contributed by atoms with Gasteiger partial charge in [0.05, 0.1) is 5.69 Å². The molecule has 1 aliphatic rings. The molecule has 2 heterocycles. The zero-order valence-electron chi connectivity index (χ0n) is 13.4. The van der Waals surface area contributed by atoms with Gasteiger partial charge in [-0.25, -0.2) is 9.37 Å². The Morgan fingerprint density at radius 3 is 3.21 bits per heavy atom. The summed E-state index contributed by atoms with van der Waals surface area (Å²) >= 11 is 0. The number of carbonyl (C=O) groups excluding carboxylic acids is 1. The second-order valence-corrected chi connectivity index (χ2v) is 5.76. The maximum absolute atomic E-state index is 13.4. The van der Waals surface area contributed by atoms with Gasteiger partial charge in [0.1, 0.15) is 24.0 Å². The summed E-state index contributed by atoms with van der Waals surface area (Å²) < 4.78 is 20.8. The number of nitrogens with one attached hydrogen (secondary N) is 1. The molecule has 1 N–H and O–H groups in total. The van der Waals surface area contributed by atoms with Crippen molar-refractivity contribution < 1.29 is 13.9 Å². The monoisotopic (exact) mass is 327 g/mol. The standard InChI is InChI=1S/C18H18FN3O2/c1-3-8-24-17-10-14(19)4-5-16(17)21-18(23)13-6-7-22-12(2)20-11-15(22)9-13/h1,4-5,10-11,13H,6-9H2,2H3,(H,21,23). The maximum Gasteiger partial charge on any atom is 0.228 e. The Bertz CT molecular complexity index is 807. The van der Waals surface area contributed by atoms with Gasteiger partial charge in [-0.05, 0) is 25.5 Å². The number of fused-ring (bicyclic) bond motifs is 1. The van der Waals surface area contributed by atoms with Gasteiger partial charge in [0, 0.05) is 36.8 Å². The number of nitrogens with zero attached hydrogens (tertiary/aromatic N) is 2. The van der Waals surface area contributed by atoms with Crippen LogP contribution in [0.4, 0.5) is 10.1 Å². The van der Waals surface area contributed by atoms with Crippen LogP contribution >= 0.6 is 0 Å². The number of ether oxygens (including phenoxy) is 1. The van der Waals surface area contributed by atoms with Crippen LogP contribution in [0.3, 0.4) is 0 Å². The minimum Gasteiger partial charge on any atom is -0.479 e. The molecule has 0 radical (unpaired) electrons. The summed E-state index contributed by atoms with van der Waals surface area (Å²) in [6.07, 6.45) is 8.35. The lowest BCUT2D eigenvalue weighted by molar-refractivity contribution is -0.120. The summed E-state index contributed by atoms with van der Waals surface area (Å²) in [7, 11) is 0. The number of benzene rings is 1. The summed E-state index contributed by atoms with van der Waals surface area (Å²) in [6.45, 7) is 2.73. The molecule has 0 bridgehead atoms. The number of hydrogen-bond donors (Lipinski definition) is 1. The third kappa shape index (κ3) is 3.25. The lowest BCUT2D eigenvalue weighted by Gasteiger charge is -2.24. The van der Waals surface area contributed by atoms with Crippen molar-refractivity contribution in [2.75, 3.05) is 11.9 Å². The van der Waals surface area contributed by atoms with Gasteiger partial charge in [-0.15, -0.1) is 6.42 Å². The Morgan fingerprint density at radius 2 is 2.42 bits per heavy atom. The van der Waals surface area contributed by atoms with E-state index in [1.54, 1.807) is 0 Å². The molecule has 1 aromatic heterocycles. The number of amides is 1. The molecule has 0 aliphatic carbocycles. The predicted octanol–water partition coefficient (Wildman–Crippen LogP) is 2.54. The Hall–Kier alpha value is -2.81. The molecule has 1 unspecified atom stereocenters. The predicted molar refractivity (Wildman–Crippen MR) is 88.1 cm³/mol. The number of imidazole rings is 1. The van der Waals surface area contributed by atoms with E-state index < -0.39 is 5.82 Å². The average Bonchev–Trinajstić information content (AvgIpc) is 2.95. The van der Waals surface area contributed by atoms with Crippen LogP contribution in [0.15, 0.2) is 24.4 Å². The fourth-order valence-electron chi connectivity index (χ4n) is 2.92. The van der Waals surface area contributed by atoms with Crippen LogP contribution in [0.5, 0.6) is 5.75 Å². The van der Waals surface area contributed by atoms with E-state index in [0.29, 0.717) is 12.1 Å². The first-order valence-corrected chi connectivity index (χ1v) is 7.76. The number of halogens is 1. The smallest absolute Gasteiger partial charge is 0.228 e. The summed E-state index contributed by atoms with van der Waals surface area (Å²) in [5.74, 6) is 2.81. The van der Waals surface area contributed by atoms with Gasteiger partial charge in [-0.3, -0.25) is 4.79 Å². The maximum atomic E-state index is 13.4. The van der Waals surface area contributed by atoms with Crippen molar-refractivity contribution >= 4 is 11.6 Å². The summed E-state index contributed by atoms with van der Waals surface area (Å²) in [5, 5.41) is 2.83. The van der Waals surface area contributed by atoms with E-state index in [1.165, 1.54) is 18.2 Å². The van der Waals surface area contributed by atoms with Crippen LogP contribution in [0.2, 0.25) is 0 Å². The van der Waals surface area contributed by atoms with Crippen molar-refractivity contribution in [1.82, 2.24) is 9.55 Å². The third-order valence-corrected chi connectivity index (χ3v) is 4.18. The van der Waals surface area contributed by atoms with E-state index in [1.807, 2.05) is 13.1 Å². The molecule has 2 aromatic rings. The zero-order chi connectivity index (χ0) is 17.1. The van der Waals surface area contributed by atoms with E-state index in [9.17, 15) is 9.18 Å². The highest BCUT2D eigenvalue weighted by molar-refractivity contribution is 5.94. The minimum atomic E-state index is -0.447. The molecule has 1 amide bonds. The Kier molecular flexibility index (Phi) is 4.52. The van der Waals surface area contributed by atoms with Crippen LogP contribution in [-0.2, 0) is 17.8 Å². The van der Waals surface area contributed by atoms with Crippen LogP contribution in [0.25, 0.3) is 0 Å². The van der Waals surface area contributed by atoms with Crippen LogP contribution in [0.1, 0.15) is 17.9 Å². The Balaban J connectivity index is 1.72. The summed E-state index contributed by atoms with van der Waals surface area (Å²) in [6, 6.07) is 3.97. The largest absolute Gasteiger partial charge is 0.479 e. The van der Waals surface area contributed by atoms with E-state index in [2.05, 4.69) is 20.8 Å². The molecule has 0 saturated heterocycles. The van der Waals surface area contributed by atoms with Crippen LogP contribution in [-0.4, -0.2) is 22.1 Å². The quantitative estimate of drug-likeness (QED) is 0.878. The van der Waals surface area contributed by atoms with Crippen molar-refractivity contribution in [3.63, 3.8) is 0 Å². The SMILES string of the molecule is C#CCOc1cc(F)ccc1NC(=O)C1CCn2c(cnc2C)C1. The molecule has 6 heteroatoms. The van der Waals surface area contributed by atoms with E-state index >= 15 is 0 Å². The number of aromatic nitrogens is 2. The number of hydrogen-bond acceptors (Lipinski definition) is 3. The van der Waals surface area contributed by atoms with E-state index in [4.69, 9.17) is 11.2 Å². The van der Waals surface area contributed by atoms with Gasteiger partial charge < -0.3 is 14.6 Å². The highest BCUT2D eigenvalue weighted by Crippen LogP contribution is 2.28. The molecule has 1 aromatic carbocycles. The lowest BCUT2D eigenvalue weighted by atomic mass is 9.95.